The van der Waals surface area contributed by atoms with Gasteiger partial charge in [-0.25, -0.2) is 4.99 Å². The van der Waals surface area contributed by atoms with E-state index in [1.807, 2.05) is 18.2 Å². The summed E-state index contributed by atoms with van der Waals surface area (Å²) in [4.78, 5) is 11.8. The zero-order chi connectivity index (χ0) is 18.3. The van der Waals surface area contributed by atoms with Crippen LogP contribution in [0.4, 0.5) is 0 Å². The average Bonchev–Trinajstić information content (AvgIpc) is 2.98. The van der Waals surface area contributed by atoms with Gasteiger partial charge in [-0.15, -0.1) is 0 Å². The lowest BCUT2D eigenvalue weighted by Gasteiger charge is -2.29. The van der Waals surface area contributed by atoms with Crippen molar-refractivity contribution in [2.75, 3.05) is 6.54 Å². The average molecular weight is 346 g/mol. The van der Waals surface area contributed by atoms with Gasteiger partial charge in [0.15, 0.2) is 5.96 Å². The molecule has 2 aliphatic heterocycles. The Kier molecular flexibility index (Phi) is 4.06. The molecule has 0 aromatic heterocycles. The third-order valence-electron chi connectivity index (χ3n) is 5.25. The summed E-state index contributed by atoms with van der Waals surface area (Å²) < 4.78 is 0. The largest absolute Gasteiger partial charge is 0.369 e. The summed E-state index contributed by atoms with van der Waals surface area (Å²) in [5, 5.41) is 0. The number of amidine groups is 1. The normalized spacial score (nSPS) is 22.7. The number of nitrogens with two attached hydrogens (primary N) is 1. The predicted molar refractivity (Wildman–Crippen MR) is 107 cm³/mol. The summed E-state index contributed by atoms with van der Waals surface area (Å²) in [6, 6.07) is 19.3. The molecule has 2 aromatic carbocycles. The minimum atomic E-state index is -0.0900. The van der Waals surface area contributed by atoms with Crippen LogP contribution < -0.4 is 5.73 Å². The minimum Gasteiger partial charge on any atom is -0.369 e. The van der Waals surface area contributed by atoms with Crippen molar-refractivity contribution in [3.8, 4) is 0 Å². The summed E-state index contributed by atoms with van der Waals surface area (Å²) in [7, 11) is 0. The van der Waals surface area contributed by atoms with Gasteiger partial charge in [-0.1, -0.05) is 75.4 Å². The lowest BCUT2D eigenvalue weighted by Crippen LogP contribution is -2.41. The fraction of sp³-hybridized carbons (Fsp3) is 0.364. The Morgan fingerprint density at radius 1 is 0.923 bits per heavy atom. The summed E-state index contributed by atoms with van der Waals surface area (Å²) in [5.74, 6) is 1.56. The van der Waals surface area contributed by atoms with Crippen LogP contribution >= 0.6 is 0 Å². The van der Waals surface area contributed by atoms with Crippen molar-refractivity contribution in [1.29, 1.82) is 0 Å². The first-order chi connectivity index (χ1) is 12.4. The van der Waals surface area contributed by atoms with Gasteiger partial charge in [0, 0.05) is 6.54 Å². The highest BCUT2D eigenvalue weighted by Gasteiger charge is 2.36. The Morgan fingerprint density at radius 3 is 2.27 bits per heavy atom. The summed E-state index contributed by atoms with van der Waals surface area (Å²) in [6.07, 6.45) is 0.954. The van der Waals surface area contributed by atoms with Crippen molar-refractivity contribution in [2.45, 2.75) is 44.7 Å². The van der Waals surface area contributed by atoms with E-state index in [0.29, 0.717) is 5.96 Å². The molecule has 2 aliphatic rings. The molecule has 0 fully saturated rings. The van der Waals surface area contributed by atoms with Gasteiger partial charge in [0.2, 0.25) is 0 Å². The SMILES string of the molecule is CC(C)(C)c1ccc(C2CCN3C(N)=NC(c4ccccc4)C3=N2)cc1. The second kappa shape index (κ2) is 6.27. The molecule has 26 heavy (non-hydrogen) atoms. The zero-order valence-corrected chi connectivity index (χ0v) is 15.7. The molecule has 2 unspecified atom stereocenters. The molecule has 0 bridgehead atoms. The fourth-order valence-electron chi connectivity index (χ4n) is 3.68. The van der Waals surface area contributed by atoms with E-state index in [2.05, 4.69) is 67.1 Å². The highest BCUT2D eigenvalue weighted by atomic mass is 15.4. The molecule has 2 heterocycles. The van der Waals surface area contributed by atoms with Gasteiger partial charge in [0.1, 0.15) is 11.9 Å². The first-order valence-corrected chi connectivity index (χ1v) is 9.27. The maximum atomic E-state index is 6.16. The van der Waals surface area contributed by atoms with Crippen molar-refractivity contribution in [2.24, 2.45) is 15.7 Å². The zero-order valence-electron chi connectivity index (χ0n) is 15.7. The topological polar surface area (TPSA) is 54.0 Å². The summed E-state index contributed by atoms with van der Waals surface area (Å²) in [5.41, 5.74) is 10.1. The molecule has 4 nitrogen and oxygen atoms in total. The van der Waals surface area contributed by atoms with Gasteiger partial charge < -0.3 is 5.73 Å². The van der Waals surface area contributed by atoms with Gasteiger partial charge in [0.05, 0.1) is 6.04 Å². The molecule has 0 saturated heterocycles. The molecular formula is C22H26N4. The number of guanidine groups is 1. The molecule has 0 spiro atoms. The molecule has 134 valence electrons. The van der Waals surface area contributed by atoms with E-state index >= 15 is 0 Å². The van der Waals surface area contributed by atoms with Crippen LogP contribution in [0.1, 0.15) is 56.0 Å². The molecule has 0 amide bonds. The van der Waals surface area contributed by atoms with E-state index in [9.17, 15) is 0 Å². The van der Waals surface area contributed by atoms with Gasteiger partial charge in [-0.2, -0.15) is 0 Å². The number of hydrogen-bond acceptors (Lipinski definition) is 4. The Balaban J connectivity index is 1.65. The molecule has 0 aliphatic carbocycles. The molecule has 4 heteroatoms. The van der Waals surface area contributed by atoms with Crippen LogP contribution in [-0.4, -0.2) is 23.2 Å². The van der Waals surface area contributed by atoms with E-state index in [0.717, 1.165) is 24.4 Å². The Hall–Kier alpha value is -2.62. The Labute approximate surface area is 155 Å². The van der Waals surface area contributed by atoms with Crippen LogP contribution in [0.2, 0.25) is 0 Å². The first-order valence-electron chi connectivity index (χ1n) is 9.27. The fourth-order valence-corrected chi connectivity index (χ4v) is 3.68. The maximum Gasteiger partial charge on any atom is 0.197 e. The minimum absolute atomic E-state index is 0.0900. The van der Waals surface area contributed by atoms with E-state index in [4.69, 9.17) is 10.7 Å². The van der Waals surface area contributed by atoms with Crippen molar-refractivity contribution in [3.63, 3.8) is 0 Å². The first kappa shape index (κ1) is 16.8. The standard InChI is InChI=1S/C22H26N4/c1-22(2,3)17-11-9-15(10-12-17)18-13-14-26-20(24-18)19(25-21(26)23)16-7-5-4-6-8-16/h4-12,18-19H,13-14H2,1-3H3,(H2,23,25). The number of nitrogens with zero attached hydrogens (tertiary/aromatic N) is 3. The second-order valence-electron chi connectivity index (χ2n) is 8.12. The van der Waals surface area contributed by atoms with Crippen LogP contribution in [0.25, 0.3) is 0 Å². The summed E-state index contributed by atoms with van der Waals surface area (Å²) >= 11 is 0. The number of hydrogen-bond donors (Lipinski definition) is 1. The van der Waals surface area contributed by atoms with Crippen LogP contribution in [-0.2, 0) is 5.41 Å². The van der Waals surface area contributed by atoms with Crippen molar-refractivity contribution < 1.29 is 0 Å². The lowest BCUT2D eigenvalue weighted by molar-refractivity contribution is 0.481. The molecule has 2 N–H and O–H groups in total. The highest BCUT2D eigenvalue weighted by molar-refractivity contribution is 6.07. The smallest absolute Gasteiger partial charge is 0.197 e. The quantitative estimate of drug-likeness (QED) is 0.886. The van der Waals surface area contributed by atoms with Crippen LogP contribution in [0.15, 0.2) is 64.6 Å². The molecule has 0 radical (unpaired) electrons. The van der Waals surface area contributed by atoms with Crippen LogP contribution in [0.5, 0.6) is 0 Å². The van der Waals surface area contributed by atoms with Crippen LogP contribution in [0, 0.1) is 0 Å². The summed E-state index contributed by atoms with van der Waals surface area (Å²) in [6.45, 7) is 7.58. The lowest BCUT2D eigenvalue weighted by atomic mass is 9.86. The van der Waals surface area contributed by atoms with Crippen molar-refractivity contribution >= 4 is 11.8 Å². The number of aliphatic imine (C=N–C) groups is 2. The second-order valence-corrected chi connectivity index (χ2v) is 8.12. The Bertz CT molecular complexity index is 844. The molecule has 0 saturated carbocycles. The molecule has 2 aromatic rings. The van der Waals surface area contributed by atoms with Crippen molar-refractivity contribution in [1.82, 2.24) is 4.90 Å². The number of rotatable bonds is 2. The van der Waals surface area contributed by atoms with Crippen molar-refractivity contribution in [3.05, 3.63) is 71.3 Å². The predicted octanol–water partition coefficient (Wildman–Crippen LogP) is 4.20. The van der Waals surface area contributed by atoms with E-state index in [1.54, 1.807) is 0 Å². The Morgan fingerprint density at radius 2 is 1.62 bits per heavy atom. The molecule has 2 atom stereocenters. The van der Waals surface area contributed by atoms with Crippen LogP contribution in [0.3, 0.4) is 0 Å². The van der Waals surface area contributed by atoms with Gasteiger partial charge >= 0.3 is 0 Å². The number of fused-ring (bicyclic) bond motifs is 1. The highest BCUT2D eigenvalue weighted by Crippen LogP contribution is 2.35. The van der Waals surface area contributed by atoms with E-state index in [1.165, 1.54) is 11.1 Å². The molecule has 4 rings (SSSR count). The monoisotopic (exact) mass is 346 g/mol. The van der Waals surface area contributed by atoms with Gasteiger partial charge in [-0.05, 0) is 28.5 Å². The molecular weight excluding hydrogens is 320 g/mol. The number of benzene rings is 2. The maximum absolute atomic E-state index is 6.16. The van der Waals surface area contributed by atoms with Gasteiger partial charge in [-0.3, -0.25) is 9.89 Å². The third kappa shape index (κ3) is 3.00. The van der Waals surface area contributed by atoms with Gasteiger partial charge in [0.25, 0.3) is 0 Å². The van der Waals surface area contributed by atoms with E-state index < -0.39 is 0 Å². The van der Waals surface area contributed by atoms with E-state index in [-0.39, 0.29) is 17.5 Å². The third-order valence-corrected chi connectivity index (χ3v) is 5.25.